The lowest BCUT2D eigenvalue weighted by molar-refractivity contribution is -0.122. The summed E-state index contributed by atoms with van der Waals surface area (Å²) in [6, 6.07) is 6.91. The van der Waals surface area contributed by atoms with Gasteiger partial charge in [-0.2, -0.15) is 0 Å². The number of hydrogen-bond acceptors (Lipinski definition) is 2. The lowest BCUT2D eigenvalue weighted by Crippen LogP contribution is -2.41. The van der Waals surface area contributed by atoms with E-state index in [4.69, 9.17) is 0 Å². The minimum atomic E-state index is -0.319. The van der Waals surface area contributed by atoms with Crippen molar-refractivity contribution in [2.45, 2.75) is 26.7 Å². The van der Waals surface area contributed by atoms with Crippen molar-refractivity contribution >= 4 is 27.7 Å². The Morgan fingerprint density at radius 1 is 1.17 bits per heavy atom. The molecule has 0 saturated carbocycles. The van der Waals surface area contributed by atoms with Gasteiger partial charge >= 0.3 is 0 Å². The summed E-state index contributed by atoms with van der Waals surface area (Å²) in [6.45, 7) is 4.10. The molecule has 0 radical (unpaired) electrons. The highest BCUT2D eigenvalue weighted by atomic mass is 79.9. The van der Waals surface area contributed by atoms with Crippen molar-refractivity contribution in [3.05, 3.63) is 34.3 Å². The van der Waals surface area contributed by atoms with E-state index in [-0.39, 0.29) is 11.8 Å². The second-order valence-electron chi connectivity index (χ2n) is 4.44. The lowest BCUT2D eigenvalue weighted by atomic mass is 10.1. The molecule has 4 nitrogen and oxygen atoms in total. The highest BCUT2D eigenvalue weighted by molar-refractivity contribution is 9.10. The molecule has 1 rings (SSSR count). The largest absolute Gasteiger partial charge is 0.273 e. The number of hydrazine groups is 1. The Labute approximate surface area is 115 Å². The van der Waals surface area contributed by atoms with Crippen LogP contribution in [-0.4, -0.2) is 11.8 Å². The summed E-state index contributed by atoms with van der Waals surface area (Å²) in [6.07, 6.45) is 1.22. The molecule has 2 N–H and O–H groups in total. The first-order chi connectivity index (χ1) is 8.49. The summed E-state index contributed by atoms with van der Waals surface area (Å²) in [4.78, 5) is 23.1. The van der Waals surface area contributed by atoms with Crippen molar-refractivity contribution in [1.82, 2.24) is 10.9 Å². The molecule has 0 unspecified atom stereocenters. The zero-order valence-corrected chi connectivity index (χ0v) is 12.1. The highest BCUT2D eigenvalue weighted by Gasteiger charge is 2.07. The van der Waals surface area contributed by atoms with Crippen LogP contribution in [0.5, 0.6) is 0 Å². The Balaban J connectivity index is 2.37. The van der Waals surface area contributed by atoms with Crippen molar-refractivity contribution in [1.29, 1.82) is 0 Å². The molecule has 0 aliphatic carbocycles. The molecule has 0 aliphatic heterocycles. The van der Waals surface area contributed by atoms with E-state index in [0.717, 1.165) is 10.9 Å². The first-order valence-electron chi connectivity index (χ1n) is 5.84. The molecule has 1 aromatic rings. The monoisotopic (exact) mass is 312 g/mol. The average Bonchev–Trinajstić information content (AvgIpc) is 2.34. The number of carbonyl (C=O) groups excluding carboxylic acids is 2. The lowest BCUT2D eigenvalue weighted by Gasteiger charge is -2.08. The Bertz CT molecular complexity index is 416. The van der Waals surface area contributed by atoms with Crippen LogP contribution in [0.4, 0.5) is 0 Å². The van der Waals surface area contributed by atoms with Crippen molar-refractivity contribution in [3.63, 3.8) is 0 Å². The Morgan fingerprint density at radius 2 is 1.78 bits per heavy atom. The molecule has 98 valence electrons. The van der Waals surface area contributed by atoms with Gasteiger partial charge in [0.05, 0.1) is 0 Å². The third-order valence-electron chi connectivity index (χ3n) is 2.37. The predicted molar refractivity (Wildman–Crippen MR) is 73.8 cm³/mol. The molecule has 0 saturated heterocycles. The van der Waals surface area contributed by atoms with Gasteiger partial charge in [0, 0.05) is 16.5 Å². The zero-order chi connectivity index (χ0) is 13.5. The molecule has 18 heavy (non-hydrogen) atoms. The smallest absolute Gasteiger partial charge is 0.269 e. The van der Waals surface area contributed by atoms with Crippen LogP contribution in [0.25, 0.3) is 0 Å². The van der Waals surface area contributed by atoms with E-state index < -0.39 is 0 Å². The molecule has 0 spiro atoms. The van der Waals surface area contributed by atoms with Gasteiger partial charge in [-0.05, 0) is 36.6 Å². The van der Waals surface area contributed by atoms with Crippen molar-refractivity contribution in [3.8, 4) is 0 Å². The molecular formula is C13H17BrN2O2. The van der Waals surface area contributed by atoms with Crippen LogP contribution in [0.1, 0.15) is 37.0 Å². The maximum absolute atomic E-state index is 11.7. The Kier molecular flexibility index (Phi) is 5.85. The summed E-state index contributed by atoms with van der Waals surface area (Å²) in [5.74, 6) is -0.0208. The van der Waals surface area contributed by atoms with E-state index in [0.29, 0.717) is 17.9 Å². The number of hydrogen-bond donors (Lipinski definition) is 2. The van der Waals surface area contributed by atoms with Crippen molar-refractivity contribution < 1.29 is 9.59 Å². The summed E-state index contributed by atoms with van der Waals surface area (Å²) in [7, 11) is 0. The van der Waals surface area contributed by atoms with Gasteiger partial charge in [-0.15, -0.1) is 0 Å². The maximum Gasteiger partial charge on any atom is 0.269 e. The average molecular weight is 313 g/mol. The van der Waals surface area contributed by atoms with Crippen LogP contribution in [0.2, 0.25) is 0 Å². The van der Waals surface area contributed by atoms with E-state index in [1.165, 1.54) is 0 Å². The van der Waals surface area contributed by atoms with Crippen molar-refractivity contribution in [2.24, 2.45) is 5.92 Å². The molecular weight excluding hydrogens is 296 g/mol. The number of amides is 2. The van der Waals surface area contributed by atoms with Gasteiger partial charge in [-0.1, -0.05) is 29.8 Å². The quantitative estimate of drug-likeness (QED) is 0.840. The molecule has 0 aliphatic rings. The van der Waals surface area contributed by atoms with Gasteiger partial charge in [0.25, 0.3) is 5.91 Å². The second kappa shape index (κ2) is 7.16. The third kappa shape index (κ3) is 5.31. The van der Waals surface area contributed by atoms with Gasteiger partial charge in [0.1, 0.15) is 0 Å². The summed E-state index contributed by atoms with van der Waals surface area (Å²) >= 11 is 3.29. The SMILES string of the molecule is CC(C)CCC(=O)NNC(=O)c1ccc(Br)cc1. The van der Waals surface area contributed by atoms with Crippen LogP contribution < -0.4 is 10.9 Å². The summed E-state index contributed by atoms with van der Waals surface area (Å²) in [5, 5.41) is 0. The molecule has 0 bridgehead atoms. The Morgan fingerprint density at radius 3 is 2.33 bits per heavy atom. The van der Waals surface area contributed by atoms with Crippen molar-refractivity contribution in [2.75, 3.05) is 0 Å². The van der Waals surface area contributed by atoms with Crippen LogP contribution in [0.15, 0.2) is 28.7 Å². The number of rotatable bonds is 4. The first kappa shape index (κ1) is 14.7. The number of nitrogens with one attached hydrogen (secondary N) is 2. The fourth-order valence-corrected chi connectivity index (χ4v) is 1.55. The maximum atomic E-state index is 11.7. The predicted octanol–water partition coefficient (Wildman–Crippen LogP) is 2.65. The van der Waals surface area contributed by atoms with Gasteiger partial charge < -0.3 is 0 Å². The standard InChI is InChI=1S/C13H17BrN2O2/c1-9(2)3-8-12(17)15-16-13(18)10-4-6-11(14)7-5-10/h4-7,9H,3,8H2,1-2H3,(H,15,17)(H,16,18). The molecule has 5 heteroatoms. The number of benzene rings is 1. The minimum absolute atomic E-state index is 0.172. The van der Waals surface area contributed by atoms with Crippen LogP contribution in [0.3, 0.4) is 0 Å². The third-order valence-corrected chi connectivity index (χ3v) is 2.90. The summed E-state index contributed by atoms with van der Waals surface area (Å²) in [5.41, 5.74) is 5.29. The molecule has 0 heterocycles. The van der Waals surface area contributed by atoms with Crippen LogP contribution >= 0.6 is 15.9 Å². The normalized spacial score (nSPS) is 10.2. The number of carbonyl (C=O) groups is 2. The molecule has 1 aromatic carbocycles. The fraction of sp³-hybridized carbons (Fsp3) is 0.385. The van der Waals surface area contributed by atoms with Gasteiger partial charge in [0.2, 0.25) is 5.91 Å². The van der Waals surface area contributed by atoms with E-state index in [1.807, 2.05) is 13.8 Å². The topological polar surface area (TPSA) is 58.2 Å². The van der Waals surface area contributed by atoms with Gasteiger partial charge in [-0.3, -0.25) is 20.4 Å². The Hall–Kier alpha value is -1.36. The molecule has 0 atom stereocenters. The summed E-state index contributed by atoms with van der Waals surface area (Å²) < 4.78 is 0.903. The van der Waals surface area contributed by atoms with Gasteiger partial charge in [-0.25, -0.2) is 0 Å². The zero-order valence-electron chi connectivity index (χ0n) is 10.5. The minimum Gasteiger partial charge on any atom is -0.273 e. The van der Waals surface area contributed by atoms with Crippen LogP contribution in [0, 0.1) is 5.92 Å². The molecule has 0 fully saturated rings. The second-order valence-corrected chi connectivity index (χ2v) is 5.36. The van der Waals surface area contributed by atoms with E-state index in [2.05, 4.69) is 26.8 Å². The molecule has 0 aromatic heterocycles. The van der Waals surface area contributed by atoms with E-state index in [9.17, 15) is 9.59 Å². The molecule has 2 amide bonds. The van der Waals surface area contributed by atoms with Crippen LogP contribution in [-0.2, 0) is 4.79 Å². The first-order valence-corrected chi connectivity index (χ1v) is 6.63. The number of halogens is 1. The van der Waals surface area contributed by atoms with E-state index >= 15 is 0 Å². The fourth-order valence-electron chi connectivity index (χ4n) is 1.28. The van der Waals surface area contributed by atoms with Gasteiger partial charge in [0.15, 0.2) is 0 Å². The highest BCUT2D eigenvalue weighted by Crippen LogP contribution is 2.10. The van der Waals surface area contributed by atoms with E-state index in [1.54, 1.807) is 24.3 Å².